The summed E-state index contributed by atoms with van der Waals surface area (Å²) in [6, 6.07) is 27.7. The van der Waals surface area contributed by atoms with E-state index >= 15 is 0 Å². The zero-order valence-corrected chi connectivity index (χ0v) is 18.4. The van der Waals surface area contributed by atoms with Crippen LogP contribution in [-0.4, -0.2) is 29.2 Å². The maximum atomic E-state index is 13.6. The fourth-order valence-corrected chi connectivity index (χ4v) is 4.30. The zero-order valence-electron chi connectivity index (χ0n) is 18.4. The Morgan fingerprint density at radius 2 is 1.61 bits per heavy atom. The molecule has 1 fully saturated rings. The summed E-state index contributed by atoms with van der Waals surface area (Å²) in [5, 5.41) is 8.69. The molecule has 2 aromatic carbocycles. The molecule has 0 aliphatic carbocycles. The van der Waals surface area contributed by atoms with Crippen molar-refractivity contribution in [2.75, 3.05) is 22.9 Å². The van der Waals surface area contributed by atoms with E-state index in [1.165, 1.54) is 0 Å². The maximum absolute atomic E-state index is 13.6. The van der Waals surface area contributed by atoms with Crippen molar-refractivity contribution in [3.8, 4) is 11.5 Å². The maximum Gasteiger partial charge on any atom is 0.230 e. The SMILES string of the molecule is O=C(C1CCN(c2ccc(-c3ccco3)nn2)CC1)N(Cc1ccccc1)c1ccccc1. The van der Waals surface area contributed by atoms with Crippen molar-refractivity contribution in [3.05, 3.63) is 96.8 Å². The molecule has 3 heterocycles. The van der Waals surface area contributed by atoms with Crippen molar-refractivity contribution in [2.45, 2.75) is 19.4 Å². The summed E-state index contributed by atoms with van der Waals surface area (Å²) >= 11 is 0. The smallest absolute Gasteiger partial charge is 0.230 e. The van der Waals surface area contributed by atoms with Gasteiger partial charge in [0.15, 0.2) is 11.6 Å². The minimum absolute atomic E-state index is 0.0134. The second kappa shape index (κ2) is 9.69. The first-order chi connectivity index (χ1) is 16.3. The van der Waals surface area contributed by atoms with Crippen LogP contribution in [0.1, 0.15) is 18.4 Å². The topological polar surface area (TPSA) is 62.5 Å². The van der Waals surface area contributed by atoms with Gasteiger partial charge in [0.05, 0.1) is 12.8 Å². The molecule has 0 spiro atoms. The molecule has 0 unspecified atom stereocenters. The predicted molar refractivity (Wildman–Crippen MR) is 129 cm³/mol. The van der Waals surface area contributed by atoms with Crippen molar-refractivity contribution in [1.29, 1.82) is 0 Å². The number of nitrogens with zero attached hydrogens (tertiary/aromatic N) is 4. The van der Waals surface area contributed by atoms with E-state index in [-0.39, 0.29) is 11.8 Å². The van der Waals surface area contributed by atoms with Crippen molar-refractivity contribution in [3.63, 3.8) is 0 Å². The van der Waals surface area contributed by atoms with E-state index in [1.54, 1.807) is 6.26 Å². The number of carbonyl (C=O) groups excluding carboxylic acids is 1. The molecule has 1 aliphatic rings. The fraction of sp³-hybridized carbons (Fsp3) is 0.222. The van der Waals surface area contributed by atoms with E-state index in [4.69, 9.17) is 4.42 Å². The quantitative estimate of drug-likeness (QED) is 0.415. The Hall–Kier alpha value is -3.93. The Labute approximate surface area is 193 Å². The number of carbonyl (C=O) groups is 1. The van der Waals surface area contributed by atoms with Gasteiger partial charge in [-0.15, -0.1) is 10.2 Å². The standard InChI is InChI=1S/C27H26N4O2/c32-27(31(23-10-5-2-6-11-23)20-21-8-3-1-4-9-21)22-15-17-30(18-16-22)26-14-13-24(28-29-26)25-12-7-19-33-25/h1-14,19,22H,15-18,20H2. The molecular formula is C27H26N4O2. The molecule has 33 heavy (non-hydrogen) atoms. The molecule has 0 bridgehead atoms. The van der Waals surface area contributed by atoms with Crippen LogP contribution in [-0.2, 0) is 11.3 Å². The second-order valence-electron chi connectivity index (χ2n) is 8.26. The van der Waals surface area contributed by atoms with E-state index in [1.807, 2.05) is 77.7 Å². The summed E-state index contributed by atoms with van der Waals surface area (Å²) in [5.74, 6) is 1.71. The number of piperidine rings is 1. The summed E-state index contributed by atoms with van der Waals surface area (Å²) in [6.45, 7) is 2.13. The molecule has 0 saturated carbocycles. The number of para-hydroxylation sites is 1. The van der Waals surface area contributed by atoms with Gasteiger partial charge >= 0.3 is 0 Å². The largest absolute Gasteiger partial charge is 0.463 e. The third-order valence-corrected chi connectivity index (χ3v) is 6.11. The van der Waals surface area contributed by atoms with E-state index in [0.29, 0.717) is 18.0 Å². The zero-order chi connectivity index (χ0) is 22.5. The predicted octanol–water partition coefficient (Wildman–Crippen LogP) is 5.19. The van der Waals surface area contributed by atoms with Crippen LogP contribution in [0.4, 0.5) is 11.5 Å². The highest BCUT2D eigenvalue weighted by Crippen LogP contribution is 2.27. The number of furan rings is 1. The molecule has 6 heteroatoms. The highest BCUT2D eigenvalue weighted by Gasteiger charge is 2.30. The minimum Gasteiger partial charge on any atom is -0.463 e. The van der Waals surface area contributed by atoms with Crippen LogP contribution in [0.3, 0.4) is 0 Å². The van der Waals surface area contributed by atoms with Crippen LogP contribution < -0.4 is 9.80 Å². The molecule has 2 aromatic heterocycles. The molecule has 1 saturated heterocycles. The first kappa shape index (κ1) is 20.9. The van der Waals surface area contributed by atoms with Gasteiger partial charge in [-0.1, -0.05) is 48.5 Å². The number of hydrogen-bond donors (Lipinski definition) is 0. The second-order valence-corrected chi connectivity index (χ2v) is 8.26. The van der Waals surface area contributed by atoms with Crippen molar-refractivity contribution >= 4 is 17.4 Å². The van der Waals surface area contributed by atoms with Gasteiger partial charge in [0.2, 0.25) is 5.91 Å². The van der Waals surface area contributed by atoms with E-state index < -0.39 is 0 Å². The molecule has 4 aromatic rings. The summed E-state index contributed by atoms with van der Waals surface area (Å²) in [6.07, 6.45) is 3.21. The molecule has 5 rings (SSSR count). The fourth-order valence-electron chi connectivity index (χ4n) is 4.30. The number of amides is 1. The lowest BCUT2D eigenvalue weighted by Crippen LogP contribution is -2.42. The van der Waals surface area contributed by atoms with E-state index in [2.05, 4.69) is 27.2 Å². The van der Waals surface area contributed by atoms with Crippen LogP contribution in [0.5, 0.6) is 0 Å². The third-order valence-electron chi connectivity index (χ3n) is 6.11. The van der Waals surface area contributed by atoms with Gasteiger partial charge < -0.3 is 14.2 Å². The third kappa shape index (κ3) is 4.80. The monoisotopic (exact) mass is 438 g/mol. The lowest BCUT2D eigenvalue weighted by atomic mass is 9.94. The highest BCUT2D eigenvalue weighted by atomic mass is 16.3. The number of rotatable bonds is 6. The number of aromatic nitrogens is 2. The molecule has 1 aliphatic heterocycles. The number of benzene rings is 2. The summed E-state index contributed by atoms with van der Waals surface area (Å²) < 4.78 is 5.39. The van der Waals surface area contributed by atoms with Crippen LogP contribution in [0.15, 0.2) is 95.6 Å². The molecule has 1 amide bonds. The summed E-state index contributed by atoms with van der Waals surface area (Å²) in [5.41, 5.74) is 2.78. The first-order valence-corrected chi connectivity index (χ1v) is 11.3. The Morgan fingerprint density at radius 1 is 0.879 bits per heavy atom. The first-order valence-electron chi connectivity index (χ1n) is 11.3. The van der Waals surface area contributed by atoms with Gasteiger partial charge in [-0.3, -0.25) is 4.79 Å². The van der Waals surface area contributed by atoms with E-state index in [9.17, 15) is 4.79 Å². The van der Waals surface area contributed by atoms with Crippen LogP contribution in [0, 0.1) is 5.92 Å². The normalized spacial score (nSPS) is 14.2. The van der Waals surface area contributed by atoms with Gasteiger partial charge in [-0.2, -0.15) is 0 Å². The lowest BCUT2D eigenvalue weighted by molar-refractivity contribution is -0.123. The van der Waals surface area contributed by atoms with Crippen molar-refractivity contribution in [1.82, 2.24) is 10.2 Å². The van der Waals surface area contributed by atoms with Crippen LogP contribution >= 0.6 is 0 Å². The van der Waals surface area contributed by atoms with Gasteiger partial charge in [0.25, 0.3) is 0 Å². The highest BCUT2D eigenvalue weighted by molar-refractivity contribution is 5.95. The summed E-state index contributed by atoms with van der Waals surface area (Å²) in [4.78, 5) is 17.7. The van der Waals surface area contributed by atoms with Crippen LogP contribution in [0.2, 0.25) is 0 Å². The van der Waals surface area contributed by atoms with Gasteiger partial charge in [0, 0.05) is 24.7 Å². The van der Waals surface area contributed by atoms with Crippen molar-refractivity contribution in [2.24, 2.45) is 5.92 Å². The Morgan fingerprint density at radius 3 is 2.24 bits per heavy atom. The molecule has 0 radical (unpaired) electrons. The lowest BCUT2D eigenvalue weighted by Gasteiger charge is -2.34. The Balaban J connectivity index is 1.26. The number of hydrogen-bond acceptors (Lipinski definition) is 5. The molecule has 0 atom stereocenters. The summed E-state index contributed by atoms with van der Waals surface area (Å²) in [7, 11) is 0. The average Bonchev–Trinajstić information content (AvgIpc) is 3.43. The van der Waals surface area contributed by atoms with E-state index in [0.717, 1.165) is 43.0 Å². The Bertz CT molecular complexity index is 1150. The molecule has 0 N–H and O–H groups in total. The van der Waals surface area contributed by atoms with Crippen LogP contribution in [0.25, 0.3) is 11.5 Å². The van der Waals surface area contributed by atoms with Crippen molar-refractivity contribution < 1.29 is 9.21 Å². The van der Waals surface area contributed by atoms with Gasteiger partial charge in [0.1, 0.15) is 5.69 Å². The average molecular weight is 439 g/mol. The Kier molecular flexibility index (Phi) is 6.15. The number of anilines is 2. The molecular weight excluding hydrogens is 412 g/mol. The molecule has 6 nitrogen and oxygen atoms in total. The molecule has 166 valence electrons. The van der Waals surface area contributed by atoms with Gasteiger partial charge in [-0.05, 0) is 54.8 Å². The van der Waals surface area contributed by atoms with Gasteiger partial charge in [-0.25, -0.2) is 0 Å². The minimum atomic E-state index is -0.0134.